The maximum Gasteiger partial charge on any atom is 0.414 e. The molecule has 142 valence electrons. The molecule has 0 saturated heterocycles. The Balaban J connectivity index is 1.53. The van der Waals surface area contributed by atoms with Gasteiger partial charge in [-0.1, -0.05) is 66.7 Å². The van der Waals surface area contributed by atoms with Crippen molar-refractivity contribution in [3.63, 3.8) is 0 Å². The normalized spacial score (nSPS) is 12.4. The minimum absolute atomic E-state index is 0.0372. The molecule has 28 heavy (non-hydrogen) atoms. The Morgan fingerprint density at radius 1 is 0.929 bits per heavy atom. The summed E-state index contributed by atoms with van der Waals surface area (Å²) < 4.78 is 5.71. The van der Waals surface area contributed by atoms with Crippen LogP contribution in [0.3, 0.4) is 0 Å². The maximum atomic E-state index is 12.7. The zero-order valence-electron chi connectivity index (χ0n) is 15.8. The molecule has 0 bridgehead atoms. The molecule has 1 amide bonds. The van der Waals surface area contributed by atoms with Gasteiger partial charge in [0.1, 0.15) is 6.61 Å². The van der Waals surface area contributed by atoms with E-state index < -0.39 is 6.09 Å². The van der Waals surface area contributed by atoms with Crippen LogP contribution in [0.15, 0.2) is 72.8 Å². The van der Waals surface area contributed by atoms with Crippen LogP contribution in [0.2, 0.25) is 0 Å². The van der Waals surface area contributed by atoms with Crippen LogP contribution in [0.25, 0.3) is 11.1 Å². The molecule has 0 aliphatic heterocycles. The van der Waals surface area contributed by atoms with Crippen LogP contribution in [-0.2, 0) is 11.2 Å². The summed E-state index contributed by atoms with van der Waals surface area (Å²) in [6.07, 6.45) is 0.101. The van der Waals surface area contributed by atoms with E-state index in [9.17, 15) is 9.90 Å². The molecule has 0 saturated carbocycles. The fourth-order valence-electron chi connectivity index (χ4n) is 3.96. The summed E-state index contributed by atoms with van der Waals surface area (Å²) in [5, 5.41) is 9.26. The first-order valence-electron chi connectivity index (χ1n) is 9.48. The molecule has 1 aliphatic rings. The van der Waals surface area contributed by atoms with E-state index in [1.54, 1.807) is 7.05 Å². The first-order chi connectivity index (χ1) is 13.7. The summed E-state index contributed by atoms with van der Waals surface area (Å²) in [6, 6.07) is 24.1. The zero-order valence-corrected chi connectivity index (χ0v) is 15.8. The van der Waals surface area contributed by atoms with E-state index in [1.807, 2.05) is 48.5 Å². The summed E-state index contributed by atoms with van der Waals surface area (Å²) in [5.41, 5.74) is 6.48. The molecule has 0 spiro atoms. The molecule has 0 unspecified atom stereocenters. The Hall–Kier alpha value is -3.11. The van der Waals surface area contributed by atoms with Crippen LogP contribution in [0.5, 0.6) is 0 Å². The molecule has 4 rings (SSSR count). The third-order valence-corrected chi connectivity index (χ3v) is 5.34. The predicted molar refractivity (Wildman–Crippen MR) is 111 cm³/mol. The molecule has 4 nitrogen and oxygen atoms in total. The minimum atomic E-state index is -0.396. The van der Waals surface area contributed by atoms with Crippen molar-refractivity contribution in [1.29, 1.82) is 0 Å². The molecule has 3 aromatic carbocycles. The van der Waals surface area contributed by atoms with Crippen molar-refractivity contribution in [3.05, 3.63) is 89.5 Å². The maximum absolute atomic E-state index is 12.7. The summed E-state index contributed by atoms with van der Waals surface area (Å²) in [4.78, 5) is 14.2. The summed E-state index contributed by atoms with van der Waals surface area (Å²) in [6.45, 7) is 0.328. The number of para-hydroxylation sites is 1. The van der Waals surface area contributed by atoms with Crippen molar-refractivity contribution in [1.82, 2.24) is 0 Å². The number of carbonyl (C=O) groups is 1. The van der Waals surface area contributed by atoms with E-state index in [-0.39, 0.29) is 12.5 Å². The van der Waals surface area contributed by atoms with Crippen molar-refractivity contribution in [2.45, 2.75) is 12.3 Å². The molecule has 0 radical (unpaired) electrons. The van der Waals surface area contributed by atoms with E-state index in [0.717, 1.165) is 11.3 Å². The molecule has 0 atom stereocenters. The third kappa shape index (κ3) is 3.27. The van der Waals surface area contributed by atoms with Gasteiger partial charge in [0.25, 0.3) is 0 Å². The highest BCUT2D eigenvalue weighted by Crippen LogP contribution is 2.44. The molecular formula is C24H23NO3. The van der Waals surface area contributed by atoms with Gasteiger partial charge in [-0.3, -0.25) is 4.90 Å². The highest BCUT2D eigenvalue weighted by atomic mass is 16.6. The van der Waals surface area contributed by atoms with E-state index in [4.69, 9.17) is 4.74 Å². The Morgan fingerprint density at radius 3 is 2.14 bits per heavy atom. The second-order valence-electron chi connectivity index (χ2n) is 6.97. The van der Waals surface area contributed by atoms with Crippen LogP contribution < -0.4 is 4.90 Å². The van der Waals surface area contributed by atoms with Gasteiger partial charge < -0.3 is 9.84 Å². The lowest BCUT2D eigenvalue weighted by Gasteiger charge is -2.22. The van der Waals surface area contributed by atoms with Crippen LogP contribution in [0, 0.1) is 0 Å². The number of hydrogen-bond acceptors (Lipinski definition) is 3. The van der Waals surface area contributed by atoms with Crippen molar-refractivity contribution < 1.29 is 14.6 Å². The largest absolute Gasteiger partial charge is 0.448 e. The van der Waals surface area contributed by atoms with Gasteiger partial charge in [0.15, 0.2) is 0 Å². The molecule has 4 heteroatoms. The number of hydrogen-bond donors (Lipinski definition) is 1. The van der Waals surface area contributed by atoms with Crippen molar-refractivity contribution >= 4 is 11.8 Å². The van der Waals surface area contributed by atoms with Gasteiger partial charge in [-0.25, -0.2) is 4.79 Å². The fourth-order valence-corrected chi connectivity index (χ4v) is 3.96. The molecule has 0 aromatic heterocycles. The molecule has 3 aromatic rings. The van der Waals surface area contributed by atoms with Gasteiger partial charge in [0, 0.05) is 25.3 Å². The topological polar surface area (TPSA) is 49.8 Å². The highest BCUT2D eigenvalue weighted by molar-refractivity contribution is 5.88. The number of rotatable bonds is 5. The van der Waals surface area contributed by atoms with Crippen molar-refractivity contribution in [2.24, 2.45) is 0 Å². The Kier molecular flexibility index (Phi) is 5.13. The number of fused-ring (bicyclic) bond motifs is 3. The monoisotopic (exact) mass is 373 g/mol. The van der Waals surface area contributed by atoms with Gasteiger partial charge in [0.05, 0.1) is 0 Å². The Morgan fingerprint density at radius 2 is 1.50 bits per heavy atom. The molecular weight excluding hydrogens is 350 g/mol. The van der Waals surface area contributed by atoms with E-state index in [0.29, 0.717) is 13.0 Å². The van der Waals surface area contributed by atoms with Gasteiger partial charge in [0.2, 0.25) is 0 Å². The summed E-state index contributed by atoms with van der Waals surface area (Å²) in [5.74, 6) is 0.0393. The molecule has 1 aliphatic carbocycles. The standard InChI is InChI=1S/C24H23NO3/c1-25(23-13-7-2-8-17(23)14-15-26)24(27)28-16-22-20-11-5-3-9-18(20)19-10-4-6-12-21(19)22/h2-13,22,26H,14-16H2,1H3. The first-order valence-corrected chi connectivity index (χ1v) is 9.48. The quantitative estimate of drug-likeness (QED) is 0.711. The lowest BCUT2D eigenvalue weighted by atomic mass is 9.98. The predicted octanol–water partition coefficient (Wildman–Crippen LogP) is 4.61. The summed E-state index contributed by atoms with van der Waals surface area (Å²) >= 11 is 0. The average molecular weight is 373 g/mol. The van der Waals surface area contributed by atoms with Crippen LogP contribution >= 0.6 is 0 Å². The van der Waals surface area contributed by atoms with Gasteiger partial charge in [-0.2, -0.15) is 0 Å². The van der Waals surface area contributed by atoms with Gasteiger partial charge in [-0.05, 0) is 40.3 Å². The Labute approximate surface area is 165 Å². The highest BCUT2D eigenvalue weighted by Gasteiger charge is 2.29. The van der Waals surface area contributed by atoms with E-state index in [1.165, 1.54) is 27.2 Å². The number of anilines is 1. The van der Waals surface area contributed by atoms with Gasteiger partial charge in [-0.15, -0.1) is 0 Å². The SMILES string of the molecule is CN(C(=O)OCC1c2ccccc2-c2ccccc21)c1ccccc1CCO. The second-order valence-corrected chi connectivity index (χ2v) is 6.97. The fraction of sp³-hybridized carbons (Fsp3) is 0.208. The van der Waals surface area contributed by atoms with Crippen molar-refractivity contribution in [3.8, 4) is 11.1 Å². The Bertz CT molecular complexity index is 953. The lowest BCUT2D eigenvalue weighted by Crippen LogP contribution is -2.29. The van der Waals surface area contributed by atoms with Crippen LogP contribution in [0.4, 0.5) is 10.5 Å². The molecule has 0 fully saturated rings. The number of benzene rings is 3. The summed E-state index contributed by atoms with van der Waals surface area (Å²) in [7, 11) is 1.70. The van der Waals surface area contributed by atoms with Crippen molar-refractivity contribution in [2.75, 3.05) is 25.2 Å². The molecule has 0 heterocycles. The zero-order chi connectivity index (χ0) is 19.5. The first kappa shape index (κ1) is 18.3. The number of nitrogens with zero attached hydrogens (tertiary/aromatic N) is 1. The third-order valence-electron chi connectivity index (χ3n) is 5.34. The van der Waals surface area contributed by atoms with Crippen LogP contribution in [-0.4, -0.2) is 31.5 Å². The van der Waals surface area contributed by atoms with Crippen LogP contribution in [0.1, 0.15) is 22.6 Å². The molecule has 1 N–H and O–H groups in total. The average Bonchev–Trinajstić information content (AvgIpc) is 3.06. The number of aliphatic hydroxyl groups excluding tert-OH is 1. The number of amides is 1. The minimum Gasteiger partial charge on any atom is -0.448 e. The van der Waals surface area contributed by atoms with E-state index in [2.05, 4.69) is 24.3 Å². The van der Waals surface area contributed by atoms with E-state index >= 15 is 0 Å². The second kappa shape index (κ2) is 7.87. The number of aliphatic hydroxyl groups is 1. The number of ether oxygens (including phenoxy) is 1. The smallest absolute Gasteiger partial charge is 0.414 e. The number of carbonyl (C=O) groups excluding carboxylic acids is 1. The lowest BCUT2D eigenvalue weighted by molar-refractivity contribution is 0.151. The van der Waals surface area contributed by atoms with Gasteiger partial charge >= 0.3 is 6.09 Å².